The van der Waals surface area contributed by atoms with Crippen LogP contribution in [0.15, 0.2) is 18.2 Å². The topological polar surface area (TPSA) is 52.6 Å². The van der Waals surface area contributed by atoms with Crippen molar-refractivity contribution in [3.05, 3.63) is 29.3 Å². The largest absolute Gasteiger partial charge is 0.490 e. The maximum absolute atomic E-state index is 12.2. The number of Topliss-reactive ketones (excluding diaryl/α,β-unsaturated/α-hetero) is 2. The van der Waals surface area contributed by atoms with Crippen LogP contribution in [0, 0.1) is 12.0 Å². The van der Waals surface area contributed by atoms with Gasteiger partial charge in [0.05, 0.1) is 11.7 Å². The first kappa shape index (κ1) is 13.2. The maximum atomic E-state index is 12.2. The summed E-state index contributed by atoms with van der Waals surface area (Å²) in [6.45, 7) is 5.29. The third kappa shape index (κ3) is 2.32. The molecule has 0 heterocycles. The molecule has 4 heteroatoms. The van der Waals surface area contributed by atoms with Crippen LogP contribution in [0.2, 0.25) is 0 Å². The molecule has 2 rings (SSSR count). The Morgan fingerprint density at radius 1 is 1.21 bits per heavy atom. The Bertz CT molecular complexity index is 590. The molecule has 98 valence electrons. The Morgan fingerprint density at radius 2 is 1.95 bits per heavy atom. The van der Waals surface area contributed by atoms with Gasteiger partial charge in [0.15, 0.2) is 0 Å². The van der Waals surface area contributed by atoms with E-state index in [1.807, 2.05) is 13.8 Å². The average Bonchev–Trinajstić information content (AvgIpc) is 2.60. The SMILES string of the molecule is CC#COC1C(=O)c2cccc(OC(C)C)c2C1=O. The van der Waals surface area contributed by atoms with Crippen molar-refractivity contribution in [1.82, 2.24) is 0 Å². The molecule has 4 nitrogen and oxygen atoms in total. The summed E-state index contributed by atoms with van der Waals surface area (Å²) in [5, 5.41) is 0. The predicted octanol–water partition coefficient (Wildman–Crippen LogP) is 2.22. The number of carbonyl (C=O) groups is 2. The number of hydrogen-bond donors (Lipinski definition) is 0. The minimum Gasteiger partial charge on any atom is -0.490 e. The highest BCUT2D eigenvalue weighted by Crippen LogP contribution is 2.32. The van der Waals surface area contributed by atoms with Crippen molar-refractivity contribution in [3.8, 4) is 17.8 Å². The van der Waals surface area contributed by atoms with Crippen LogP contribution in [-0.4, -0.2) is 23.8 Å². The van der Waals surface area contributed by atoms with Crippen molar-refractivity contribution in [2.45, 2.75) is 33.0 Å². The average molecular weight is 258 g/mol. The van der Waals surface area contributed by atoms with E-state index in [-0.39, 0.29) is 17.7 Å². The smallest absolute Gasteiger partial charge is 0.235 e. The molecule has 1 atom stereocenters. The number of hydrogen-bond acceptors (Lipinski definition) is 4. The van der Waals surface area contributed by atoms with Gasteiger partial charge in [0.25, 0.3) is 0 Å². The van der Waals surface area contributed by atoms with Crippen molar-refractivity contribution in [2.24, 2.45) is 0 Å². The molecule has 0 N–H and O–H groups in total. The maximum Gasteiger partial charge on any atom is 0.235 e. The third-order valence-corrected chi connectivity index (χ3v) is 2.66. The molecule has 0 fully saturated rings. The van der Waals surface area contributed by atoms with E-state index in [1.165, 1.54) is 0 Å². The van der Waals surface area contributed by atoms with Crippen LogP contribution >= 0.6 is 0 Å². The van der Waals surface area contributed by atoms with E-state index in [0.717, 1.165) is 0 Å². The predicted molar refractivity (Wildman–Crippen MR) is 69.2 cm³/mol. The number of rotatable bonds is 3. The molecule has 0 saturated heterocycles. The third-order valence-electron chi connectivity index (χ3n) is 2.66. The fourth-order valence-corrected chi connectivity index (χ4v) is 1.96. The number of ketones is 2. The van der Waals surface area contributed by atoms with Gasteiger partial charge in [0.2, 0.25) is 17.7 Å². The number of carbonyl (C=O) groups excluding carboxylic acids is 2. The summed E-state index contributed by atoms with van der Waals surface area (Å²) >= 11 is 0. The first-order valence-electron chi connectivity index (χ1n) is 6.01. The van der Waals surface area contributed by atoms with Gasteiger partial charge in [-0.3, -0.25) is 9.59 Å². The van der Waals surface area contributed by atoms with Gasteiger partial charge in [-0.1, -0.05) is 18.1 Å². The van der Waals surface area contributed by atoms with Gasteiger partial charge < -0.3 is 9.47 Å². The second-order valence-corrected chi connectivity index (χ2v) is 4.42. The molecule has 19 heavy (non-hydrogen) atoms. The standard InChI is InChI=1S/C15H14O4/c1-4-8-18-15-13(16)10-6-5-7-11(19-9(2)3)12(10)14(15)17/h5-7,9,15H,1-3H3. The Kier molecular flexibility index (Phi) is 3.57. The lowest BCUT2D eigenvalue weighted by Gasteiger charge is -2.12. The van der Waals surface area contributed by atoms with E-state index in [4.69, 9.17) is 9.47 Å². The lowest BCUT2D eigenvalue weighted by atomic mass is 10.1. The van der Waals surface area contributed by atoms with Crippen LogP contribution in [0.1, 0.15) is 41.5 Å². The molecule has 1 unspecified atom stereocenters. The van der Waals surface area contributed by atoms with Crippen molar-refractivity contribution >= 4 is 11.6 Å². The minimum absolute atomic E-state index is 0.0789. The van der Waals surface area contributed by atoms with E-state index in [2.05, 4.69) is 12.0 Å². The lowest BCUT2D eigenvalue weighted by Crippen LogP contribution is -2.24. The number of benzene rings is 1. The highest BCUT2D eigenvalue weighted by molar-refractivity contribution is 6.29. The molecule has 0 amide bonds. The summed E-state index contributed by atoms with van der Waals surface area (Å²) < 4.78 is 10.6. The Morgan fingerprint density at radius 3 is 2.58 bits per heavy atom. The molecule has 0 radical (unpaired) electrons. The zero-order valence-electron chi connectivity index (χ0n) is 11.0. The Hall–Kier alpha value is -2.28. The molecule has 0 bridgehead atoms. The van der Waals surface area contributed by atoms with Crippen LogP contribution in [-0.2, 0) is 4.74 Å². The molecule has 0 saturated carbocycles. The second kappa shape index (κ2) is 5.15. The molecule has 0 aliphatic heterocycles. The van der Waals surface area contributed by atoms with Gasteiger partial charge in [-0.05, 0) is 19.9 Å². The van der Waals surface area contributed by atoms with E-state index in [1.54, 1.807) is 25.1 Å². The Balaban J connectivity index is 2.43. The molecule has 1 aliphatic rings. The molecule has 0 aromatic heterocycles. The molecule has 0 spiro atoms. The van der Waals surface area contributed by atoms with Crippen molar-refractivity contribution in [3.63, 3.8) is 0 Å². The van der Waals surface area contributed by atoms with Crippen molar-refractivity contribution in [1.29, 1.82) is 0 Å². The highest BCUT2D eigenvalue weighted by atomic mass is 16.5. The summed E-state index contributed by atoms with van der Waals surface area (Å²) in [5.74, 6) is 2.17. The van der Waals surface area contributed by atoms with Crippen LogP contribution in [0.4, 0.5) is 0 Å². The second-order valence-electron chi connectivity index (χ2n) is 4.42. The summed E-state index contributed by atoms with van der Waals surface area (Å²) in [4.78, 5) is 24.3. The first-order chi connectivity index (χ1) is 9.06. The first-order valence-corrected chi connectivity index (χ1v) is 6.01. The van der Waals surface area contributed by atoms with E-state index in [0.29, 0.717) is 16.9 Å². The number of ether oxygens (including phenoxy) is 2. The molecular weight excluding hydrogens is 244 g/mol. The lowest BCUT2D eigenvalue weighted by molar-refractivity contribution is 0.0657. The fourth-order valence-electron chi connectivity index (χ4n) is 1.96. The van der Waals surface area contributed by atoms with Crippen LogP contribution < -0.4 is 4.74 Å². The van der Waals surface area contributed by atoms with Crippen LogP contribution in [0.3, 0.4) is 0 Å². The fraction of sp³-hybridized carbons (Fsp3) is 0.333. The van der Waals surface area contributed by atoms with Gasteiger partial charge in [0.1, 0.15) is 11.9 Å². The summed E-state index contributed by atoms with van der Waals surface area (Å²) in [6, 6.07) is 4.97. The van der Waals surface area contributed by atoms with Crippen LogP contribution in [0.25, 0.3) is 0 Å². The zero-order chi connectivity index (χ0) is 14.0. The van der Waals surface area contributed by atoms with Crippen LogP contribution in [0.5, 0.6) is 5.75 Å². The molecule has 1 aliphatic carbocycles. The van der Waals surface area contributed by atoms with E-state index < -0.39 is 6.10 Å². The summed E-state index contributed by atoms with van der Waals surface area (Å²) in [6.07, 6.45) is 1.07. The van der Waals surface area contributed by atoms with E-state index >= 15 is 0 Å². The van der Waals surface area contributed by atoms with Crippen molar-refractivity contribution < 1.29 is 19.1 Å². The summed E-state index contributed by atoms with van der Waals surface area (Å²) in [5.41, 5.74) is 0.634. The summed E-state index contributed by atoms with van der Waals surface area (Å²) in [7, 11) is 0. The van der Waals surface area contributed by atoms with E-state index in [9.17, 15) is 9.59 Å². The monoisotopic (exact) mass is 258 g/mol. The normalized spacial score (nSPS) is 16.9. The quantitative estimate of drug-likeness (QED) is 0.616. The van der Waals surface area contributed by atoms with Gasteiger partial charge in [0, 0.05) is 12.5 Å². The van der Waals surface area contributed by atoms with Gasteiger partial charge in [-0.25, -0.2) is 0 Å². The van der Waals surface area contributed by atoms with Gasteiger partial charge in [-0.15, -0.1) is 0 Å². The minimum atomic E-state index is -1.17. The molecular formula is C15H14O4. The van der Waals surface area contributed by atoms with Gasteiger partial charge in [-0.2, -0.15) is 0 Å². The zero-order valence-corrected chi connectivity index (χ0v) is 11.0. The Labute approximate surface area is 111 Å². The number of fused-ring (bicyclic) bond motifs is 1. The van der Waals surface area contributed by atoms with Gasteiger partial charge >= 0.3 is 0 Å². The molecule has 1 aromatic rings. The molecule has 1 aromatic carbocycles. The highest BCUT2D eigenvalue weighted by Gasteiger charge is 2.42. The van der Waals surface area contributed by atoms with Crippen molar-refractivity contribution in [2.75, 3.05) is 0 Å².